The molecule has 1 aliphatic heterocycles. The Morgan fingerprint density at radius 1 is 1.27 bits per heavy atom. The molecule has 1 saturated heterocycles. The maximum atomic E-state index is 10.4. The molecule has 1 aliphatic rings. The Balaban J connectivity index is 2.07. The van der Waals surface area contributed by atoms with E-state index in [4.69, 9.17) is 9.62 Å². The highest BCUT2D eigenvalue weighted by Crippen LogP contribution is 2.27. The van der Waals surface area contributed by atoms with Crippen LogP contribution in [0.1, 0.15) is 24.3 Å². The number of ether oxygens (including phenoxy) is 1. The van der Waals surface area contributed by atoms with Crippen LogP contribution in [0.3, 0.4) is 0 Å². The lowest BCUT2D eigenvalue weighted by molar-refractivity contribution is -0.291. The van der Waals surface area contributed by atoms with Gasteiger partial charge in [0.25, 0.3) is 0 Å². The van der Waals surface area contributed by atoms with Crippen LogP contribution in [0, 0.1) is 0 Å². The summed E-state index contributed by atoms with van der Waals surface area (Å²) < 4.78 is 5.16. The number of aryl methyl sites for hydroxylation is 1. The van der Waals surface area contributed by atoms with Crippen LogP contribution in [-0.4, -0.2) is 12.6 Å². The van der Waals surface area contributed by atoms with Crippen LogP contribution in [-0.2, 0) is 25.7 Å². The third-order valence-corrected chi connectivity index (χ3v) is 2.27. The second-order valence-electron chi connectivity index (χ2n) is 3.26. The molecule has 1 aromatic rings. The summed E-state index contributed by atoms with van der Waals surface area (Å²) in [6.07, 6.45) is 0.0209. The Morgan fingerprint density at radius 2 is 2.00 bits per heavy atom. The average Bonchev–Trinajstić information content (AvgIpc) is 2.78. The predicted octanol–water partition coefficient (Wildman–Crippen LogP) is 1.75. The number of hydrogen-bond donors (Lipinski definition) is 0. The maximum absolute atomic E-state index is 10.4. The van der Waals surface area contributed by atoms with E-state index < -0.39 is 12.6 Å². The van der Waals surface area contributed by atoms with E-state index in [-0.39, 0.29) is 0 Å². The van der Waals surface area contributed by atoms with Crippen molar-refractivity contribution in [2.45, 2.75) is 25.9 Å². The van der Waals surface area contributed by atoms with Gasteiger partial charge >= 0.3 is 0 Å². The Kier molecular flexibility index (Phi) is 3.11. The minimum atomic E-state index is -0.916. The van der Waals surface area contributed by atoms with E-state index in [9.17, 15) is 4.79 Å². The normalized spacial score (nSPS) is 25.4. The van der Waals surface area contributed by atoms with Gasteiger partial charge in [-0.2, -0.15) is 9.78 Å². The Hall–Kier alpha value is -1.23. The second kappa shape index (κ2) is 4.53. The fourth-order valence-corrected chi connectivity index (χ4v) is 1.37. The van der Waals surface area contributed by atoms with Crippen molar-refractivity contribution in [3.63, 3.8) is 0 Å². The molecular weight excluding hydrogens is 196 g/mol. The van der Waals surface area contributed by atoms with Crippen molar-refractivity contribution < 1.29 is 19.3 Å². The maximum Gasteiger partial charge on any atom is 0.250 e. The summed E-state index contributed by atoms with van der Waals surface area (Å²) in [6, 6.07) is 7.80. The second-order valence-corrected chi connectivity index (χ2v) is 3.26. The van der Waals surface area contributed by atoms with Crippen molar-refractivity contribution in [2.24, 2.45) is 0 Å². The lowest BCUT2D eigenvalue weighted by atomic mass is 10.1. The van der Waals surface area contributed by atoms with E-state index in [0.29, 0.717) is 6.29 Å². The van der Waals surface area contributed by atoms with Crippen LogP contribution in [0.15, 0.2) is 24.3 Å². The van der Waals surface area contributed by atoms with Crippen LogP contribution in [0.5, 0.6) is 0 Å². The highest BCUT2D eigenvalue weighted by molar-refractivity contribution is 5.53. The Bertz CT molecular complexity index is 333. The molecule has 1 heterocycles. The lowest BCUT2D eigenvalue weighted by Gasteiger charge is -2.06. The zero-order valence-electron chi connectivity index (χ0n) is 8.38. The number of aldehydes is 1. The molecular formula is C11H12O4. The number of hydrogen-bond acceptors (Lipinski definition) is 4. The molecule has 0 bridgehead atoms. The van der Waals surface area contributed by atoms with Gasteiger partial charge in [0.15, 0.2) is 6.29 Å². The molecule has 15 heavy (non-hydrogen) atoms. The van der Waals surface area contributed by atoms with Crippen LogP contribution in [0.2, 0.25) is 0 Å². The summed E-state index contributed by atoms with van der Waals surface area (Å²) >= 11 is 0. The molecule has 0 aromatic heterocycles. The van der Waals surface area contributed by atoms with E-state index in [0.717, 1.165) is 12.0 Å². The molecule has 2 atom stereocenters. The topological polar surface area (TPSA) is 44.8 Å². The fraction of sp³-hybridized carbons (Fsp3) is 0.364. The van der Waals surface area contributed by atoms with Gasteiger partial charge in [0.05, 0.1) is 0 Å². The molecule has 0 amide bonds. The van der Waals surface area contributed by atoms with Crippen molar-refractivity contribution in [1.29, 1.82) is 0 Å². The highest BCUT2D eigenvalue weighted by Gasteiger charge is 2.28. The number of benzene rings is 1. The SMILES string of the molecule is CCc1ccc(C2OOC(C=O)O2)cc1. The van der Waals surface area contributed by atoms with Gasteiger partial charge in [-0.05, 0) is 12.0 Å². The van der Waals surface area contributed by atoms with Crippen molar-refractivity contribution >= 4 is 6.29 Å². The first-order valence-corrected chi connectivity index (χ1v) is 4.85. The predicted molar refractivity (Wildman–Crippen MR) is 51.7 cm³/mol. The third kappa shape index (κ3) is 2.23. The standard InChI is InChI=1S/C11H12O4/c1-2-8-3-5-9(6-4-8)11-13-10(7-12)14-15-11/h3-7,10-11H,2H2,1H3. The summed E-state index contributed by atoms with van der Waals surface area (Å²) in [5, 5.41) is 0. The molecule has 4 nitrogen and oxygen atoms in total. The van der Waals surface area contributed by atoms with Crippen LogP contribution in [0.25, 0.3) is 0 Å². The quantitative estimate of drug-likeness (QED) is 0.560. The lowest BCUT2D eigenvalue weighted by Crippen LogP contribution is -2.08. The molecule has 1 aromatic carbocycles. The molecule has 4 heteroatoms. The Labute approximate surface area is 87.7 Å². The molecule has 2 rings (SSSR count). The largest absolute Gasteiger partial charge is 0.307 e. The molecule has 0 N–H and O–H groups in total. The van der Waals surface area contributed by atoms with E-state index in [1.54, 1.807) is 0 Å². The van der Waals surface area contributed by atoms with Gasteiger partial charge in [-0.25, -0.2) is 0 Å². The van der Waals surface area contributed by atoms with E-state index >= 15 is 0 Å². The van der Waals surface area contributed by atoms with Gasteiger partial charge in [0.1, 0.15) is 0 Å². The molecule has 0 saturated carbocycles. The highest BCUT2D eigenvalue weighted by atomic mass is 17.3. The fourth-order valence-electron chi connectivity index (χ4n) is 1.37. The zero-order chi connectivity index (χ0) is 10.7. The minimum absolute atomic E-state index is 0.556. The third-order valence-electron chi connectivity index (χ3n) is 2.27. The van der Waals surface area contributed by atoms with Crippen LogP contribution >= 0.6 is 0 Å². The van der Waals surface area contributed by atoms with Gasteiger partial charge in [0, 0.05) is 5.56 Å². The van der Waals surface area contributed by atoms with Gasteiger partial charge in [-0.1, -0.05) is 31.2 Å². The zero-order valence-corrected chi connectivity index (χ0v) is 8.38. The number of carbonyl (C=O) groups excluding carboxylic acids is 1. The van der Waals surface area contributed by atoms with Gasteiger partial charge in [-0.15, -0.1) is 0 Å². The van der Waals surface area contributed by atoms with Gasteiger partial charge in [-0.3, -0.25) is 4.79 Å². The molecule has 1 fully saturated rings. The first-order valence-electron chi connectivity index (χ1n) is 4.85. The molecule has 0 spiro atoms. The summed E-state index contributed by atoms with van der Waals surface area (Å²) in [6.45, 7) is 2.09. The Morgan fingerprint density at radius 3 is 2.53 bits per heavy atom. The monoisotopic (exact) mass is 208 g/mol. The smallest absolute Gasteiger partial charge is 0.250 e. The van der Waals surface area contributed by atoms with Crippen LogP contribution < -0.4 is 0 Å². The van der Waals surface area contributed by atoms with E-state index in [2.05, 4.69) is 11.8 Å². The van der Waals surface area contributed by atoms with E-state index in [1.165, 1.54) is 5.56 Å². The van der Waals surface area contributed by atoms with Crippen LogP contribution in [0.4, 0.5) is 0 Å². The van der Waals surface area contributed by atoms with Crippen molar-refractivity contribution in [2.75, 3.05) is 0 Å². The molecule has 2 unspecified atom stereocenters. The molecule has 0 radical (unpaired) electrons. The summed E-state index contributed by atoms with van der Waals surface area (Å²) in [5.41, 5.74) is 2.08. The summed E-state index contributed by atoms with van der Waals surface area (Å²) in [4.78, 5) is 19.9. The summed E-state index contributed by atoms with van der Waals surface area (Å²) in [5.74, 6) is 0. The minimum Gasteiger partial charge on any atom is -0.307 e. The average molecular weight is 208 g/mol. The van der Waals surface area contributed by atoms with Crippen molar-refractivity contribution in [3.8, 4) is 0 Å². The van der Waals surface area contributed by atoms with Crippen molar-refractivity contribution in [1.82, 2.24) is 0 Å². The van der Waals surface area contributed by atoms with E-state index in [1.807, 2.05) is 24.3 Å². The first kappa shape index (κ1) is 10.3. The molecule has 80 valence electrons. The summed E-state index contributed by atoms with van der Waals surface area (Å²) in [7, 11) is 0. The van der Waals surface area contributed by atoms with Gasteiger partial charge < -0.3 is 4.74 Å². The van der Waals surface area contributed by atoms with Gasteiger partial charge in [0.2, 0.25) is 12.6 Å². The molecule has 0 aliphatic carbocycles. The number of carbonyl (C=O) groups is 1. The number of rotatable bonds is 3. The van der Waals surface area contributed by atoms with Crippen molar-refractivity contribution in [3.05, 3.63) is 35.4 Å². The first-order chi connectivity index (χ1) is 7.33.